The van der Waals surface area contributed by atoms with Gasteiger partial charge in [-0.1, -0.05) is 26.2 Å². The smallest absolute Gasteiger partial charge is 0.223 e. The minimum absolute atomic E-state index is 0.0716. The van der Waals surface area contributed by atoms with E-state index in [9.17, 15) is 9.90 Å². The number of thiazole rings is 1. The number of amides is 1. The first-order valence-corrected chi connectivity index (χ1v) is 7.85. The fraction of sp³-hybridized carbons (Fsp3) is 0.714. The Kier molecular flexibility index (Phi) is 4.93. The van der Waals surface area contributed by atoms with Crippen LogP contribution < -0.4 is 5.32 Å². The van der Waals surface area contributed by atoms with Crippen LogP contribution in [0.3, 0.4) is 0 Å². The van der Waals surface area contributed by atoms with Crippen LogP contribution in [-0.4, -0.2) is 21.6 Å². The van der Waals surface area contributed by atoms with Gasteiger partial charge in [-0.3, -0.25) is 4.79 Å². The van der Waals surface area contributed by atoms with Gasteiger partial charge in [-0.05, 0) is 19.3 Å². The Morgan fingerprint density at radius 1 is 1.47 bits per heavy atom. The number of aliphatic hydroxyl groups is 1. The van der Waals surface area contributed by atoms with E-state index in [1.54, 1.807) is 11.3 Å². The lowest BCUT2D eigenvalue weighted by atomic mass is 9.82. The van der Waals surface area contributed by atoms with E-state index in [-0.39, 0.29) is 12.3 Å². The standard InChI is InChI=1S/C14H22N2O2S/c1-2-11-9-16-13(19-11)10-15-12(17)8-14(18)6-4-3-5-7-14/h9,18H,2-8,10H2,1H3,(H,15,17). The Morgan fingerprint density at radius 2 is 2.21 bits per heavy atom. The Bertz CT molecular complexity index is 425. The highest BCUT2D eigenvalue weighted by atomic mass is 32.1. The van der Waals surface area contributed by atoms with E-state index in [0.717, 1.165) is 37.1 Å². The SMILES string of the molecule is CCc1cnc(CNC(=O)CC2(O)CCCCC2)s1. The molecule has 1 fully saturated rings. The summed E-state index contributed by atoms with van der Waals surface area (Å²) in [6.07, 6.45) is 7.77. The predicted octanol–water partition coefficient (Wildman–Crippen LogP) is 2.41. The van der Waals surface area contributed by atoms with Gasteiger partial charge in [-0.25, -0.2) is 4.98 Å². The van der Waals surface area contributed by atoms with Crippen LogP contribution in [0.5, 0.6) is 0 Å². The van der Waals surface area contributed by atoms with Crippen LogP contribution in [0.25, 0.3) is 0 Å². The van der Waals surface area contributed by atoms with Gasteiger partial charge < -0.3 is 10.4 Å². The van der Waals surface area contributed by atoms with E-state index in [0.29, 0.717) is 6.54 Å². The maximum Gasteiger partial charge on any atom is 0.223 e. The van der Waals surface area contributed by atoms with Crippen molar-refractivity contribution in [3.8, 4) is 0 Å². The second-order valence-corrected chi connectivity index (χ2v) is 6.51. The summed E-state index contributed by atoms with van der Waals surface area (Å²) in [5.74, 6) is -0.0716. The predicted molar refractivity (Wildman–Crippen MR) is 76.0 cm³/mol. The molecule has 0 saturated heterocycles. The maximum atomic E-state index is 11.9. The molecule has 0 bridgehead atoms. The lowest BCUT2D eigenvalue weighted by molar-refractivity contribution is -0.127. The lowest BCUT2D eigenvalue weighted by Crippen LogP contribution is -2.38. The fourth-order valence-electron chi connectivity index (χ4n) is 2.52. The van der Waals surface area contributed by atoms with Crippen molar-refractivity contribution in [2.45, 2.75) is 64.0 Å². The van der Waals surface area contributed by atoms with Crippen molar-refractivity contribution in [3.05, 3.63) is 16.1 Å². The van der Waals surface area contributed by atoms with E-state index in [2.05, 4.69) is 17.2 Å². The number of rotatable bonds is 5. The average Bonchev–Trinajstić information content (AvgIpc) is 2.84. The zero-order valence-electron chi connectivity index (χ0n) is 11.4. The third-order valence-electron chi connectivity index (χ3n) is 3.66. The van der Waals surface area contributed by atoms with E-state index < -0.39 is 5.60 Å². The van der Waals surface area contributed by atoms with Crippen molar-refractivity contribution in [1.29, 1.82) is 0 Å². The molecule has 5 heteroatoms. The highest BCUT2D eigenvalue weighted by Crippen LogP contribution is 2.30. The largest absolute Gasteiger partial charge is 0.389 e. The molecule has 0 unspecified atom stereocenters. The van der Waals surface area contributed by atoms with Crippen molar-refractivity contribution in [3.63, 3.8) is 0 Å². The summed E-state index contributed by atoms with van der Waals surface area (Å²) in [6.45, 7) is 2.56. The summed E-state index contributed by atoms with van der Waals surface area (Å²) in [4.78, 5) is 17.4. The van der Waals surface area contributed by atoms with E-state index in [4.69, 9.17) is 0 Å². The Labute approximate surface area is 118 Å². The summed E-state index contributed by atoms with van der Waals surface area (Å²) >= 11 is 1.63. The number of aromatic nitrogens is 1. The molecule has 0 spiro atoms. The average molecular weight is 282 g/mol. The molecule has 4 nitrogen and oxygen atoms in total. The summed E-state index contributed by atoms with van der Waals surface area (Å²) in [6, 6.07) is 0. The van der Waals surface area contributed by atoms with E-state index in [1.165, 1.54) is 11.3 Å². The molecule has 0 atom stereocenters. The van der Waals surface area contributed by atoms with Gasteiger partial charge in [0.05, 0.1) is 18.6 Å². The molecule has 19 heavy (non-hydrogen) atoms. The van der Waals surface area contributed by atoms with Gasteiger partial charge in [0, 0.05) is 11.1 Å². The van der Waals surface area contributed by atoms with Gasteiger partial charge in [0.25, 0.3) is 0 Å². The number of nitrogens with zero attached hydrogens (tertiary/aromatic N) is 1. The van der Waals surface area contributed by atoms with Crippen LogP contribution in [0, 0.1) is 0 Å². The van der Waals surface area contributed by atoms with Crippen molar-refractivity contribution >= 4 is 17.2 Å². The Hall–Kier alpha value is -0.940. The molecule has 1 saturated carbocycles. The zero-order valence-corrected chi connectivity index (χ0v) is 12.3. The molecule has 1 amide bonds. The normalized spacial score (nSPS) is 18.2. The van der Waals surface area contributed by atoms with E-state index >= 15 is 0 Å². The van der Waals surface area contributed by atoms with Crippen molar-refractivity contribution in [1.82, 2.24) is 10.3 Å². The number of hydrogen-bond acceptors (Lipinski definition) is 4. The monoisotopic (exact) mass is 282 g/mol. The Morgan fingerprint density at radius 3 is 2.84 bits per heavy atom. The van der Waals surface area contributed by atoms with Crippen molar-refractivity contribution < 1.29 is 9.90 Å². The van der Waals surface area contributed by atoms with Gasteiger partial charge in [-0.2, -0.15) is 0 Å². The summed E-state index contributed by atoms with van der Waals surface area (Å²) in [5, 5.41) is 14.1. The number of hydrogen-bond donors (Lipinski definition) is 2. The molecule has 1 aliphatic rings. The molecule has 2 N–H and O–H groups in total. The number of aryl methyl sites for hydroxylation is 1. The second kappa shape index (κ2) is 6.48. The van der Waals surface area contributed by atoms with Crippen LogP contribution in [0.4, 0.5) is 0 Å². The van der Waals surface area contributed by atoms with Gasteiger partial charge in [-0.15, -0.1) is 11.3 Å². The highest BCUT2D eigenvalue weighted by Gasteiger charge is 2.31. The van der Waals surface area contributed by atoms with Gasteiger partial charge in [0.2, 0.25) is 5.91 Å². The minimum Gasteiger partial charge on any atom is -0.389 e. The number of carbonyl (C=O) groups excluding carboxylic acids is 1. The maximum absolute atomic E-state index is 11.9. The quantitative estimate of drug-likeness (QED) is 0.871. The first kappa shape index (κ1) is 14.5. The Balaban J connectivity index is 1.77. The molecular weight excluding hydrogens is 260 g/mol. The topological polar surface area (TPSA) is 62.2 Å². The molecule has 1 heterocycles. The molecule has 106 valence electrons. The minimum atomic E-state index is -0.778. The van der Waals surface area contributed by atoms with Gasteiger partial charge in [0.15, 0.2) is 0 Å². The molecule has 1 aromatic rings. The summed E-state index contributed by atoms with van der Waals surface area (Å²) in [7, 11) is 0. The first-order chi connectivity index (χ1) is 9.11. The molecule has 1 aromatic heterocycles. The second-order valence-electron chi connectivity index (χ2n) is 5.31. The van der Waals surface area contributed by atoms with E-state index in [1.807, 2.05) is 6.20 Å². The van der Waals surface area contributed by atoms with Gasteiger partial charge >= 0.3 is 0 Å². The van der Waals surface area contributed by atoms with Crippen molar-refractivity contribution in [2.24, 2.45) is 0 Å². The fourth-order valence-corrected chi connectivity index (χ4v) is 3.32. The molecule has 0 aliphatic heterocycles. The van der Waals surface area contributed by atoms with Crippen molar-refractivity contribution in [2.75, 3.05) is 0 Å². The molecule has 2 rings (SSSR count). The first-order valence-electron chi connectivity index (χ1n) is 7.04. The van der Waals surface area contributed by atoms with Crippen LogP contribution in [0.1, 0.15) is 55.3 Å². The molecule has 1 aliphatic carbocycles. The van der Waals surface area contributed by atoms with Crippen LogP contribution in [0.2, 0.25) is 0 Å². The summed E-state index contributed by atoms with van der Waals surface area (Å²) in [5.41, 5.74) is -0.778. The molecular formula is C14H22N2O2S. The van der Waals surface area contributed by atoms with Crippen LogP contribution in [-0.2, 0) is 17.8 Å². The lowest BCUT2D eigenvalue weighted by Gasteiger charge is -2.31. The number of carbonyl (C=O) groups is 1. The third kappa shape index (κ3) is 4.28. The third-order valence-corrected chi connectivity index (χ3v) is 4.80. The van der Waals surface area contributed by atoms with Crippen LogP contribution >= 0.6 is 11.3 Å². The summed E-state index contributed by atoms with van der Waals surface area (Å²) < 4.78 is 0. The number of nitrogens with one attached hydrogen (secondary N) is 1. The highest BCUT2D eigenvalue weighted by molar-refractivity contribution is 7.11. The van der Waals surface area contributed by atoms with Gasteiger partial charge in [0.1, 0.15) is 5.01 Å². The van der Waals surface area contributed by atoms with Crippen LogP contribution in [0.15, 0.2) is 6.20 Å². The molecule has 0 radical (unpaired) electrons. The zero-order chi connectivity index (χ0) is 13.7. The molecule has 0 aromatic carbocycles.